The SMILES string of the molecule is Cc1ccc(N(C)CCN)cc1C. The van der Waals surface area contributed by atoms with Crippen molar-refractivity contribution in [2.45, 2.75) is 13.8 Å². The molecular formula is C11H18N2. The van der Waals surface area contributed by atoms with Crippen molar-refractivity contribution < 1.29 is 0 Å². The van der Waals surface area contributed by atoms with Crippen LogP contribution < -0.4 is 10.6 Å². The maximum atomic E-state index is 5.49. The van der Waals surface area contributed by atoms with Crippen LogP contribution in [0.4, 0.5) is 5.69 Å². The van der Waals surface area contributed by atoms with E-state index in [1.807, 2.05) is 0 Å². The highest BCUT2D eigenvalue weighted by Gasteiger charge is 2.00. The number of rotatable bonds is 3. The number of aryl methyl sites for hydroxylation is 2. The van der Waals surface area contributed by atoms with Gasteiger partial charge in [-0.25, -0.2) is 0 Å². The first kappa shape index (κ1) is 10.1. The molecule has 1 aromatic rings. The summed E-state index contributed by atoms with van der Waals surface area (Å²) in [5.74, 6) is 0. The van der Waals surface area contributed by atoms with Gasteiger partial charge in [0.05, 0.1) is 0 Å². The molecule has 0 radical (unpaired) electrons. The van der Waals surface area contributed by atoms with Gasteiger partial charge in [0.15, 0.2) is 0 Å². The third kappa shape index (κ3) is 2.46. The fourth-order valence-corrected chi connectivity index (χ4v) is 1.29. The molecule has 0 aromatic heterocycles. The standard InChI is InChI=1S/C11H18N2/c1-9-4-5-11(8-10(9)2)13(3)7-6-12/h4-5,8H,6-7,12H2,1-3H3. The predicted octanol–water partition coefficient (Wildman–Crippen LogP) is 1.70. The molecule has 2 heteroatoms. The lowest BCUT2D eigenvalue weighted by atomic mass is 10.1. The molecular weight excluding hydrogens is 160 g/mol. The van der Waals surface area contributed by atoms with E-state index in [1.54, 1.807) is 0 Å². The van der Waals surface area contributed by atoms with Crippen LogP contribution in [0.5, 0.6) is 0 Å². The first-order valence-corrected chi connectivity index (χ1v) is 4.63. The number of anilines is 1. The van der Waals surface area contributed by atoms with E-state index in [1.165, 1.54) is 16.8 Å². The molecule has 2 nitrogen and oxygen atoms in total. The number of nitrogens with zero attached hydrogens (tertiary/aromatic N) is 1. The maximum Gasteiger partial charge on any atom is 0.0366 e. The third-order valence-electron chi connectivity index (χ3n) is 2.40. The molecule has 0 spiro atoms. The summed E-state index contributed by atoms with van der Waals surface area (Å²) < 4.78 is 0. The molecule has 0 amide bonds. The van der Waals surface area contributed by atoms with Gasteiger partial charge in [0, 0.05) is 25.8 Å². The second kappa shape index (κ2) is 4.28. The molecule has 0 aliphatic carbocycles. The zero-order valence-corrected chi connectivity index (χ0v) is 8.67. The Balaban J connectivity index is 2.84. The van der Waals surface area contributed by atoms with Crippen LogP contribution in [0.2, 0.25) is 0 Å². The Morgan fingerprint density at radius 3 is 2.46 bits per heavy atom. The minimum atomic E-state index is 0.698. The van der Waals surface area contributed by atoms with Gasteiger partial charge in [-0.05, 0) is 37.1 Å². The van der Waals surface area contributed by atoms with Crippen molar-refractivity contribution in [1.29, 1.82) is 0 Å². The second-order valence-corrected chi connectivity index (χ2v) is 3.48. The molecule has 2 N–H and O–H groups in total. The summed E-state index contributed by atoms with van der Waals surface area (Å²) in [5.41, 5.74) is 9.41. The van der Waals surface area contributed by atoms with Crippen LogP contribution >= 0.6 is 0 Å². The lowest BCUT2D eigenvalue weighted by Gasteiger charge is -2.19. The molecule has 0 fully saturated rings. The second-order valence-electron chi connectivity index (χ2n) is 3.48. The van der Waals surface area contributed by atoms with Gasteiger partial charge in [0.25, 0.3) is 0 Å². The van der Waals surface area contributed by atoms with E-state index in [2.05, 4.69) is 44.0 Å². The van der Waals surface area contributed by atoms with E-state index < -0.39 is 0 Å². The highest BCUT2D eigenvalue weighted by molar-refractivity contribution is 5.49. The smallest absolute Gasteiger partial charge is 0.0366 e. The zero-order valence-electron chi connectivity index (χ0n) is 8.67. The van der Waals surface area contributed by atoms with Gasteiger partial charge < -0.3 is 10.6 Å². The maximum absolute atomic E-state index is 5.49. The van der Waals surface area contributed by atoms with Crippen molar-refractivity contribution in [3.05, 3.63) is 29.3 Å². The quantitative estimate of drug-likeness (QED) is 0.763. The Hall–Kier alpha value is -1.02. The van der Waals surface area contributed by atoms with Crippen molar-refractivity contribution in [2.75, 3.05) is 25.0 Å². The van der Waals surface area contributed by atoms with E-state index in [0.717, 1.165) is 6.54 Å². The number of hydrogen-bond acceptors (Lipinski definition) is 2. The van der Waals surface area contributed by atoms with Crippen LogP contribution in [0, 0.1) is 13.8 Å². The first-order valence-electron chi connectivity index (χ1n) is 4.63. The van der Waals surface area contributed by atoms with Crippen LogP contribution in [-0.2, 0) is 0 Å². The summed E-state index contributed by atoms with van der Waals surface area (Å²) in [4.78, 5) is 2.17. The van der Waals surface area contributed by atoms with Crippen molar-refractivity contribution in [3.8, 4) is 0 Å². The fraction of sp³-hybridized carbons (Fsp3) is 0.455. The van der Waals surface area contributed by atoms with Crippen LogP contribution in [0.1, 0.15) is 11.1 Å². The largest absolute Gasteiger partial charge is 0.373 e. The van der Waals surface area contributed by atoms with Crippen molar-refractivity contribution in [3.63, 3.8) is 0 Å². The van der Waals surface area contributed by atoms with Crippen molar-refractivity contribution >= 4 is 5.69 Å². The highest BCUT2D eigenvalue weighted by Crippen LogP contribution is 2.16. The number of likely N-dealkylation sites (N-methyl/N-ethyl adjacent to an activating group) is 1. The minimum absolute atomic E-state index is 0.698. The molecule has 0 aliphatic rings. The van der Waals surface area contributed by atoms with Crippen LogP contribution in [0.25, 0.3) is 0 Å². The van der Waals surface area contributed by atoms with Gasteiger partial charge >= 0.3 is 0 Å². The van der Waals surface area contributed by atoms with Gasteiger partial charge in [0.1, 0.15) is 0 Å². The molecule has 0 atom stereocenters. The Bertz CT molecular complexity index is 281. The number of hydrogen-bond donors (Lipinski definition) is 1. The Labute approximate surface area is 80.4 Å². The van der Waals surface area contributed by atoms with E-state index >= 15 is 0 Å². The number of nitrogens with two attached hydrogens (primary N) is 1. The molecule has 0 aliphatic heterocycles. The summed E-state index contributed by atoms with van der Waals surface area (Å²) in [6, 6.07) is 6.49. The minimum Gasteiger partial charge on any atom is -0.373 e. The molecule has 0 heterocycles. The predicted molar refractivity (Wildman–Crippen MR) is 58.2 cm³/mol. The van der Waals surface area contributed by atoms with Crippen LogP contribution in [-0.4, -0.2) is 20.1 Å². The summed E-state index contributed by atoms with van der Waals surface area (Å²) in [6.45, 7) is 5.86. The molecule has 1 aromatic carbocycles. The Morgan fingerprint density at radius 1 is 1.23 bits per heavy atom. The molecule has 1 rings (SSSR count). The fourth-order valence-electron chi connectivity index (χ4n) is 1.29. The van der Waals surface area contributed by atoms with Crippen LogP contribution in [0.15, 0.2) is 18.2 Å². The Morgan fingerprint density at radius 2 is 1.92 bits per heavy atom. The lowest BCUT2D eigenvalue weighted by molar-refractivity contribution is 0.885. The van der Waals surface area contributed by atoms with E-state index in [-0.39, 0.29) is 0 Å². The normalized spacial score (nSPS) is 10.2. The van der Waals surface area contributed by atoms with Gasteiger partial charge in [-0.3, -0.25) is 0 Å². The average molecular weight is 178 g/mol. The van der Waals surface area contributed by atoms with Gasteiger partial charge in [-0.1, -0.05) is 6.07 Å². The van der Waals surface area contributed by atoms with Crippen molar-refractivity contribution in [1.82, 2.24) is 0 Å². The summed E-state index contributed by atoms with van der Waals surface area (Å²) in [7, 11) is 2.07. The van der Waals surface area contributed by atoms with E-state index in [4.69, 9.17) is 5.73 Å². The topological polar surface area (TPSA) is 29.3 Å². The van der Waals surface area contributed by atoms with E-state index in [9.17, 15) is 0 Å². The third-order valence-corrected chi connectivity index (χ3v) is 2.40. The lowest BCUT2D eigenvalue weighted by Crippen LogP contribution is -2.24. The van der Waals surface area contributed by atoms with Gasteiger partial charge in [-0.15, -0.1) is 0 Å². The molecule has 0 unspecified atom stereocenters. The molecule has 72 valence electrons. The van der Waals surface area contributed by atoms with Gasteiger partial charge in [-0.2, -0.15) is 0 Å². The highest BCUT2D eigenvalue weighted by atomic mass is 15.1. The first-order chi connectivity index (χ1) is 6.15. The van der Waals surface area contributed by atoms with Crippen LogP contribution in [0.3, 0.4) is 0 Å². The molecule has 13 heavy (non-hydrogen) atoms. The summed E-state index contributed by atoms with van der Waals surface area (Å²) >= 11 is 0. The number of benzene rings is 1. The zero-order chi connectivity index (χ0) is 9.84. The Kier molecular flexibility index (Phi) is 3.32. The molecule has 0 saturated carbocycles. The van der Waals surface area contributed by atoms with Gasteiger partial charge in [0.2, 0.25) is 0 Å². The van der Waals surface area contributed by atoms with E-state index in [0.29, 0.717) is 6.54 Å². The summed E-state index contributed by atoms with van der Waals surface area (Å²) in [6.07, 6.45) is 0. The monoisotopic (exact) mass is 178 g/mol. The molecule has 0 saturated heterocycles. The summed E-state index contributed by atoms with van der Waals surface area (Å²) in [5, 5.41) is 0. The average Bonchev–Trinajstić information content (AvgIpc) is 2.10. The van der Waals surface area contributed by atoms with Crippen molar-refractivity contribution in [2.24, 2.45) is 5.73 Å². The molecule has 0 bridgehead atoms.